The number of carbonyl (C=O) groups excluding carboxylic acids is 1. The van der Waals surface area contributed by atoms with Gasteiger partial charge in [0.2, 0.25) is 0 Å². The number of rotatable bonds is 6. The number of benzene rings is 2. The number of guanidine groups is 1. The Morgan fingerprint density at radius 3 is 2.28 bits per heavy atom. The molecule has 1 amide bonds. The molecule has 0 spiro atoms. The van der Waals surface area contributed by atoms with Gasteiger partial charge in [-0.05, 0) is 42.3 Å². The molecule has 0 aliphatic heterocycles. The number of hydrogen-bond donors (Lipinski definition) is 3. The monoisotopic (exact) mass is 504 g/mol. The highest BCUT2D eigenvalue weighted by Crippen LogP contribution is 2.12. The molecular formula is C22H25IN4O2. The largest absolute Gasteiger partial charge is 0.459 e. The molecule has 2 aromatic carbocycles. The summed E-state index contributed by atoms with van der Waals surface area (Å²) in [6, 6.07) is 19.3. The molecule has 152 valence electrons. The van der Waals surface area contributed by atoms with Crippen molar-refractivity contribution in [3.8, 4) is 0 Å². The van der Waals surface area contributed by atoms with Crippen molar-refractivity contribution in [2.75, 3.05) is 12.4 Å². The molecule has 0 unspecified atom stereocenters. The molecule has 7 heteroatoms. The maximum atomic E-state index is 12.1. The fourth-order valence-corrected chi connectivity index (χ4v) is 2.77. The van der Waals surface area contributed by atoms with Gasteiger partial charge in [-0.25, -0.2) is 0 Å². The van der Waals surface area contributed by atoms with Crippen molar-refractivity contribution in [2.45, 2.75) is 20.0 Å². The van der Waals surface area contributed by atoms with E-state index in [1.807, 2.05) is 30.3 Å². The van der Waals surface area contributed by atoms with E-state index in [-0.39, 0.29) is 35.6 Å². The van der Waals surface area contributed by atoms with Crippen LogP contribution in [0.2, 0.25) is 0 Å². The van der Waals surface area contributed by atoms with Crippen LogP contribution in [-0.4, -0.2) is 18.9 Å². The predicted molar refractivity (Wildman–Crippen MR) is 127 cm³/mol. The molecule has 29 heavy (non-hydrogen) atoms. The first kappa shape index (κ1) is 22.5. The molecule has 0 radical (unpaired) electrons. The average molecular weight is 504 g/mol. The van der Waals surface area contributed by atoms with Gasteiger partial charge in [-0.3, -0.25) is 9.79 Å². The zero-order chi connectivity index (χ0) is 19.8. The first-order valence-corrected chi connectivity index (χ1v) is 9.08. The van der Waals surface area contributed by atoms with Crippen molar-refractivity contribution >= 4 is 41.5 Å². The summed E-state index contributed by atoms with van der Waals surface area (Å²) in [5.74, 6) is 0.724. The molecule has 0 atom stereocenters. The fraction of sp³-hybridized carbons (Fsp3) is 0.182. The number of carbonyl (C=O) groups is 1. The van der Waals surface area contributed by atoms with Crippen molar-refractivity contribution < 1.29 is 9.21 Å². The Bertz CT molecular complexity index is 955. The molecule has 0 fully saturated rings. The van der Waals surface area contributed by atoms with Crippen LogP contribution >= 0.6 is 24.0 Å². The molecule has 3 aromatic rings. The molecule has 1 heterocycles. The van der Waals surface area contributed by atoms with Gasteiger partial charge in [0.25, 0.3) is 5.91 Å². The molecule has 0 bridgehead atoms. The van der Waals surface area contributed by atoms with Crippen LogP contribution in [0.3, 0.4) is 0 Å². The Morgan fingerprint density at radius 2 is 1.66 bits per heavy atom. The minimum Gasteiger partial charge on any atom is -0.459 e. The minimum absolute atomic E-state index is 0. The quantitative estimate of drug-likeness (QED) is 0.266. The number of aliphatic imine (C=N–C) groups is 1. The fourth-order valence-electron chi connectivity index (χ4n) is 2.77. The topological polar surface area (TPSA) is 78.7 Å². The highest BCUT2D eigenvalue weighted by atomic mass is 127. The van der Waals surface area contributed by atoms with Gasteiger partial charge < -0.3 is 20.4 Å². The number of anilines is 1. The number of nitrogens with one attached hydrogen (secondary N) is 3. The van der Waals surface area contributed by atoms with Crippen molar-refractivity contribution in [3.05, 3.63) is 89.4 Å². The van der Waals surface area contributed by atoms with E-state index >= 15 is 0 Å². The molecule has 0 saturated heterocycles. The maximum absolute atomic E-state index is 12.1. The summed E-state index contributed by atoms with van der Waals surface area (Å²) in [6.07, 6.45) is 1.48. The van der Waals surface area contributed by atoms with E-state index in [4.69, 9.17) is 4.42 Å². The van der Waals surface area contributed by atoms with Gasteiger partial charge in [-0.15, -0.1) is 24.0 Å². The summed E-state index contributed by atoms with van der Waals surface area (Å²) in [7, 11) is 1.74. The minimum atomic E-state index is -0.272. The van der Waals surface area contributed by atoms with Crippen LogP contribution in [0.4, 0.5) is 5.69 Å². The van der Waals surface area contributed by atoms with E-state index < -0.39 is 0 Å². The number of halogens is 1. The molecule has 1 aromatic heterocycles. The summed E-state index contributed by atoms with van der Waals surface area (Å²) in [4.78, 5) is 16.4. The van der Waals surface area contributed by atoms with Crippen LogP contribution in [0.5, 0.6) is 0 Å². The molecule has 3 rings (SSSR count). The van der Waals surface area contributed by atoms with Crippen LogP contribution in [-0.2, 0) is 13.1 Å². The Labute approximate surface area is 187 Å². The first-order valence-electron chi connectivity index (χ1n) is 9.08. The van der Waals surface area contributed by atoms with E-state index in [9.17, 15) is 4.79 Å². The first-order chi connectivity index (χ1) is 13.6. The van der Waals surface area contributed by atoms with Crippen LogP contribution in [0.25, 0.3) is 0 Å². The van der Waals surface area contributed by atoms with Gasteiger partial charge in [0.1, 0.15) is 0 Å². The van der Waals surface area contributed by atoms with Crippen molar-refractivity contribution in [2.24, 2.45) is 4.99 Å². The highest BCUT2D eigenvalue weighted by molar-refractivity contribution is 14.0. The van der Waals surface area contributed by atoms with E-state index in [1.54, 1.807) is 19.2 Å². The van der Waals surface area contributed by atoms with Crippen LogP contribution in [0, 0.1) is 6.92 Å². The summed E-state index contributed by atoms with van der Waals surface area (Å²) in [6.45, 7) is 3.35. The number of furan rings is 1. The lowest BCUT2D eigenvalue weighted by atomic mass is 10.1. The second-order valence-electron chi connectivity index (χ2n) is 6.40. The standard InChI is InChI=1S/C22H24N4O2.HI/c1-16-6-3-7-17(12-16)14-24-22(23-2)25-15-18-8-4-9-19(13-18)26-21(27)20-10-5-11-28-20;/h3-13H,14-15H2,1-2H3,(H,26,27)(H2,23,24,25);1H. The molecule has 0 saturated carbocycles. The third-order valence-corrected chi connectivity index (χ3v) is 4.16. The molecular weight excluding hydrogens is 479 g/mol. The average Bonchev–Trinajstić information content (AvgIpc) is 3.23. The summed E-state index contributed by atoms with van der Waals surface area (Å²) in [5, 5.41) is 9.42. The Balaban J connectivity index is 0.00000300. The summed E-state index contributed by atoms with van der Waals surface area (Å²) < 4.78 is 5.11. The third-order valence-electron chi connectivity index (χ3n) is 4.16. The SMILES string of the molecule is CN=C(NCc1cccc(C)c1)NCc1cccc(NC(=O)c2ccco2)c1.I. The molecule has 3 N–H and O–H groups in total. The Hall–Kier alpha value is -2.81. The molecule has 6 nitrogen and oxygen atoms in total. The van der Waals surface area contributed by atoms with Gasteiger partial charge in [0.05, 0.1) is 6.26 Å². The smallest absolute Gasteiger partial charge is 0.291 e. The third kappa shape index (κ3) is 6.94. The summed E-state index contributed by atoms with van der Waals surface area (Å²) in [5.41, 5.74) is 4.17. The van der Waals surface area contributed by atoms with Crippen LogP contribution < -0.4 is 16.0 Å². The van der Waals surface area contributed by atoms with Gasteiger partial charge in [0, 0.05) is 25.8 Å². The van der Waals surface area contributed by atoms with E-state index in [1.165, 1.54) is 17.4 Å². The summed E-state index contributed by atoms with van der Waals surface area (Å²) >= 11 is 0. The normalized spacial score (nSPS) is 10.8. The predicted octanol–water partition coefficient (Wildman–Crippen LogP) is 4.32. The number of amides is 1. The van der Waals surface area contributed by atoms with Gasteiger partial charge >= 0.3 is 0 Å². The van der Waals surface area contributed by atoms with Crippen molar-refractivity contribution in [1.29, 1.82) is 0 Å². The van der Waals surface area contributed by atoms with Crippen LogP contribution in [0.15, 0.2) is 76.3 Å². The second-order valence-corrected chi connectivity index (χ2v) is 6.40. The highest BCUT2D eigenvalue weighted by Gasteiger charge is 2.09. The number of hydrogen-bond acceptors (Lipinski definition) is 3. The van der Waals surface area contributed by atoms with E-state index in [2.05, 4.69) is 46.1 Å². The zero-order valence-electron chi connectivity index (χ0n) is 16.4. The van der Waals surface area contributed by atoms with Gasteiger partial charge in [-0.1, -0.05) is 42.0 Å². The lowest BCUT2D eigenvalue weighted by molar-refractivity contribution is 0.0996. The maximum Gasteiger partial charge on any atom is 0.291 e. The van der Waals surface area contributed by atoms with Crippen LogP contribution in [0.1, 0.15) is 27.2 Å². The van der Waals surface area contributed by atoms with Crippen molar-refractivity contribution in [1.82, 2.24) is 10.6 Å². The van der Waals surface area contributed by atoms with E-state index in [0.717, 1.165) is 5.56 Å². The van der Waals surface area contributed by atoms with Gasteiger partial charge in [0.15, 0.2) is 11.7 Å². The molecule has 0 aliphatic carbocycles. The Kier molecular flexibility index (Phi) is 8.72. The number of nitrogens with zero attached hydrogens (tertiary/aromatic N) is 1. The zero-order valence-corrected chi connectivity index (χ0v) is 18.8. The van der Waals surface area contributed by atoms with E-state index in [0.29, 0.717) is 24.7 Å². The number of aryl methyl sites for hydroxylation is 1. The Morgan fingerprint density at radius 1 is 0.966 bits per heavy atom. The van der Waals surface area contributed by atoms with Gasteiger partial charge in [-0.2, -0.15) is 0 Å². The lowest BCUT2D eigenvalue weighted by Crippen LogP contribution is -2.36. The lowest BCUT2D eigenvalue weighted by Gasteiger charge is -2.13. The van der Waals surface area contributed by atoms with Crippen molar-refractivity contribution in [3.63, 3.8) is 0 Å². The second kappa shape index (κ2) is 11.3. The molecule has 0 aliphatic rings.